The number of anilines is 3. The maximum atomic E-state index is 13.6. The summed E-state index contributed by atoms with van der Waals surface area (Å²) in [7, 11) is 0. The number of amides is 3. The largest absolute Gasteiger partial charge is 0.370 e. The minimum atomic E-state index is -0.210. The van der Waals surface area contributed by atoms with Crippen LogP contribution < -0.4 is 19.8 Å². The fourth-order valence-electron chi connectivity index (χ4n) is 7.17. The number of rotatable bonds is 3. The number of urea groups is 1. The van der Waals surface area contributed by atoms with Gasteiger partial charge in [0.1, 0.15) is 22.5 Å². The number of aromatic nitrogens is 2. The molecular formula is C36H57N7O2S. The van der Waals surface area contributed by atoms with Crippen molar-refractivity contribution in [2.45, 2.75) is 111 Å². The summed E-state index contributed by atoms with van der Waals surface area (Å²) in [5.41, 5.74) is 0.780. The average Bonchev–Trinajstić information content (AvgIpc) is 3.57. The van der Waals surface area contributed by atoms with Crippen molar-refractivity contribution in [1.82, 2.24) is 19.6 Å². The van der Waals surface area contributed by atoms with Gasteiger partial charge in [0.25, 0.3) is 5.91 Å². The third-order valence-electron chi connectivity index (χ3n) is 9.70. The van der Waals surface area contributed by atoms with E-state index in [-0.39, 0.29) is 17.5 Å². The summed E-state index contributed by atoms with van der Waals surface area (Å²) >= 11 is 1.21. The number of hydrogen-bond donors (Lipinski definition) is 2. The molecule has 1 atom stereocenters. The van der Waals surface area contributed by atoms with Crippen molar-refractivity contribution in [2.24, 2.45) is 17.3 Å². The Bertz CT molecular complexity index is 1320. The van der Waals surface area contributed by atoms with Gasteiger partial charge in [0.2, 0.25) is 0 Å². The lowest BCUT2D eigenvalue weighted by molar-refractivity contribution is 0.0984. The summed E-state index contributed by atoms with van der Waals surface area (Å²) in [5, 5.41) is 4.16. The number of carbonyl (C=O) groups is 2. The van der Waals surface area contributed by atoms with Crippen LogP contribution >= 0.6 is 11.9 Å². The molecule has 46 heavy (non-hydrogen) atoms. The molecule has 0 aromatic carbocycles. The van der Waals surface area contributed by atoms with Gasteiger partial charge in [-0.1, -0.05) is 47.6 Å². The number of hydrogen-bond acceptors (Lipinski definition) is 7. The third-order valence-corrected chi connectivity index (χ3v) is 10.4. The van der Waals surface area contributed by atoms with Gasteiger partial charge in [-0.2, -0.15) is 0 Å². The molecule has 254 valence electrons. The number of carbonyl (C=O) groups excluding carboxylic acids is 2. The first-order chi connectivity index (χ1) is 22.1. The molecule has 1 saturated carbocycles. The SMILES string of the molecule is CC.CC.CC1(C)CCC(CN2CCN(c3ccc4c(n3)N3CC(CCCNc5cccc(n5)SNC4=O)CC3(C)C)C2=O)CC1. The Balaban J connectivity index is 0.00000116. The highest BCUT2D eigenvalue weighted by molar-refractivity contribution is 7.97. The molecule has 10 heteroatoms. The van der Waals surface area contributed by atoms with E-state index in [4.69, 9.17) is 4.98 Å². The first-order valence-corrected chi connectivity index (χ1v) is 18.4. The van der Waals surface area contributed by atoms with Crippen molar-refractivity contribution in [3.63, 3.8) is 0 Å². The molecule has 4 aliphatic rings. The summed E-state index contributed by atoms with van der Waals surface area (Å²) in [6.07, 6.45) is 7.96. The van der Waals surface area contributed by atoms with Crippen molar-refractivity contribution in [3.05, 3.63) is 35.9 Å². The van der Waals surface area contributed by atoms with Crippen LogP contribution in [-0.4, -0.2) is 65.1 Å². The molecule has 3 amide bonds. The van der Waals surface area contributed by atoms with E-state index in [1.54, 1.807) is 4.90 Å². The molecule has 9 nitrogen and oxygen atoms in total. The van der Waals surface area contributed by atoms with Gasteiger partial charge >= 0.3 is 6.03 Å². The van der Waals surface area contributed by atoms with Crippen molar-refractivity contribution in [1.29, 1.82) is 0 Å². The van der Waals surface area contributed by atoms with E-state index in [0.717, 1.165) is 49.7 Å². The topological polar surface area (TPSA) is 93.7 Å². The number of nitrogens with one attached hydrogen (secondary N) is 2. The molecule has 2 aromatic rings. The van der Waals surface area contributed by atoms with Crippen LogP contribution in [0.5, 0.6) is 0 Å². The van der Waals surface area contributed by atoms with Gasteiger partial charge < -0.3 is 15.1 Å². The first kappa shape index (κ1) is 35.8. The quantitative estimate of drug-likeness (QED) is 0.323. The van der Waals surface area contributed by atoms with Gasteiger partial charge in [0.05, 0.1) is 5.56 Å². The maximum absolute atomic E-state index is 13.6. The second-order valence-corrected chi connectivity index (χ2v) is 14.8. The van der Waals surface area contributed by atoms with Gasteiger partial charge in [-0.15, -0.1) is 0 Å². The second kappa shape index (κ2) is 15.7. The maximum Gasteiger partial charge on any atom is 0.325 e. The van der Waals surface area contributed by atoms with Crippen molar-refractivity contribution in [2.75, 3.05) is 47.8 Å². The lowest BCUT2D eigenvalue weighted by Gasteiger charge is -2.36. The minimum absolute atomic E-state index is 0.0291. The van der Waals surface area contributed by atoms with Crippen molar-refractivity contribution < 1.29 is 9.59 Å². The van der Waals surface area contributed by atoms with Crippen LogP contribution in [0.2, 0.25) is 0 Å². The van der Waals surface area contributed by atoms with Gasteiger partial charge in [-0.25, -0.2) is 14.8 Å². The second-order valence-electron chi connectivity index (χ2n) is 14.0. The summed E-state index contributed by atoms with van der Waals surface area (Å²) < 4.78 is 2.99. The zero-order valence-electron chi connectivity index (χ0n) is 29.5. The Labute approximate surface area is 281 Å². The molecule has 2 N–H and O–H groups in total. The summed E-state index contributed by atoms with van der Waals surface area (Å²) in [4.78, 5) is 43.1. The van der Waals surface area contributed by atoms with Gasteiger partial charge in [0.15, 0.2) is 0 Å². The van der Waals surface area contributed by atoms with Crippen LogP contribution in [0.1, 0.15) is 111 Å². The summed E-state index contributed by atoms with van der Waals surface area (Å²) in [5.74, 6) is 2.96. The van der Waals surface area contributed by atoms with E-state index in [1.807, 2.05) is 62.9 Å². The van der Waals surface area contributed by atoms with Crippen LogP contribution in [0.3, 0.4) is 0 Å². The summed E-state index contributed by atoms with van der Waals surface area (Å²) in [6, 6.07) is 9.52. The normalized spacial score (nSPS) is 22.6. The van der Waals surface area contributed by atoms with Crippen LogP contribution in [0, 0.1) is 17.3 Å². The van der Waals surface area contributed by atoms with E-state index in [9.17, 15) is 9.59 Å². The van der Waals surface area contributed by atoms with Gasteiger partial charge in [0, 0.05) is 50.2 Å². The molecule has 3 fully saturated rings. The molecule has 2 aromatic heterocycles. The van der Waals surface area contributed by atoms with Crippen molar-refractivity contribution in [3.8, 4) is 0 Å². The van der Waals surface area contributed by atoms with Crippen LogP contribution in [0.15, 0.2) is 35.4 Å². The molecule has 1 aliphatic carbocycles. The van der Waals surface area contributed by atoms with Gasteiger partial charge in [-0.05, 0) is 100 Å². The zero-order valence-corrected chi connectivity index (χ0v) is 30.3. The lowest BCUT2D eigenvalue weighted by atomic mass is 9.73. The molecule has 3 aliphatic heterocycles. The van der Waals surface area contributed by atoms with E-state index >= 15 is 0 Å². The van der Waals surface area contributed by atoms with E-state index in [0.29, 0.717) is 47.5 Å². The Morgan fingerprint density at radius 1 is 0.935 bits per heavy atom. The Kier molecular flexibility index (Phi) is 12.2. The molecule has 6 rings (SSSR count). The fourth-order valence-corrected chi connectivity index (χ4v) is 7.77. The van der Waals surface area contributed by atoms with Crippen molar-refractivity contribution >= 4 is 41.3 Å². The molecular weight excluding hydrogens is 595 g/mol. The highest BCUT2D eigenvalue weighted by atomic mass is 32.2. The van der Waals surface area contributed by atoms with E-state index in [1.165, 1.54) is 37.6 Å². The average molecular weight is 652 g/mol. The number of fused-ring (bicyclic) bond motifs is 6. The first-order valence-electron chi connectivity index (χ1n) is 17.6. The zero-order chi connectivity index (χ0) is 33.5. The molecule has 2 saturated heterocycles. The standard InChI is InChI=1S/C32H45N7O2S.2C2H6/c1-31(2)14-12-22(13-15-31)20-37-17-18-38(30(37)41)26-11-10-24-28(35-26)39-21-23(19-32(39,3)4)7-6-16-33-25-8-5-9-27(34-25)42-36-29(24)40;2*1-2/h5,8-11,22-23H,6-7,12-21H2,1-4H3,(H,33,34)(H,36,40);2*1-2H3. The van der Waals surface area contributed by atoms with E-state index in [2.05, 4.69) is 47.6 Å². The minimum Gasteiger partial charge on any atom is -0.370 e. The number of pyridine rings is 2. The Morgan fingerprint density at radius 2 is 1.67 bits per heavy atom. The van der Waals surface area contributed by atoms with Crippen LogP contribution in [0.4, 0.5) is 22.2 Å². The van der Waals surface area contributed by atoms with Crippen LogP contribution in [0.25, 0.3) is 0 Å². The Hall–Kier alpha value is -3.01. The summed E-state index contributed by atoms with van der Waals surface area (Å²) in [6.45, 7) is 21.0. The monoisotopic (exact) mass is 651 g/mol. The highest BCUT2D eigenvalue weighted by Gasteiger charge is 2.41. The molecule has 4 bridgehead atoms. The predicted molar refractivity (Wildman–Crippen MR) is 192 cm³/mol. The molecule has 1 unspecified atom stereocenters. The lowest BCUT2D eigenvalue weighted by Crippen LogP contribution is -2.41. The van der Waals surface area contributed by atoms with Crippen LogP contribution in [-0.2, 0) is 0 Å². The predicted octanol–water partition coefficient (Wildman–Crippen LogP) is 8.24. The molecule has 5 heterocycles. The number of nitrogens with zero attached hydrogens (tertiary/aromatic N) is 5. The third kappa shape index (κ3) is 8.47. The molecule has 0 radical (unpaired) electrons. The van der Waals surface area contributed by atoms with E-state index < -0.39 is 0 Å². The highest BCUT2D eigenvalue weighted by Crippen LogP contribution is 2.41. The fraction of sp³-hybridized carbons (Fsp3) is 0.667. The smallest absolute Gasteiger partial charge is 0.325 e. The molecule has 0 spiro atoms. The Morgan fingerprint density at radius 3 is 2.41 bits per heavy atom. The van der Waals surface area contributed by atoms with Gasteiger partial charge in [-0.3, -0.25) is 14.4 Å².